The minimum Gasteiger partial charge on any atom is -0.399 e. The van der Waals surface area contributed by atoms with E-state index in [2.05, 4.69) is 36.2 Å². The molecule has 0 atom stereocenters. The van der Waals surface area contributed by atoms with Gasteiger partial charge in [0.2, 0.25) is 0 Å². The Morgan fingerprint density at radius 2 is 2.06 bits per heavy atom. The smallest absolute Gasteiger partial charge is 0.0523 e. The van der Waals surface area contributed by atoms with Gasteiger partial charge < -0.3 is 5.73 Å². The number of aromatic nitrogens is 1. The number of thioether (sulfide) groups is 1. The van der Waals surface area contributed by atoms with Crippen LogP contribution in [0.4, 0.5) is 5.69 Å². The third-order valence-corrected chi connectivity index (χ3v) is 3.48. The highest BCUT2D eigenvalue weighted by atomic mass is 32.2. The molecule has 1 aromatic carbocycles. The SMILES string of the molecule is Cc1cccc(CSCc2cc(N)ccn2)c1. The second-order valence-electron chi connectivity index (χ2n) is 4.06. The van der Waals surface area contributed by atoms with Crippen LogP contribution in [0.3, 0.4) is 0 Å². The van der Waals surface area contributed by atoms with Crippen molar-refractivity contribution in [3.8, 4) is 0 Å². The standard InChI is InChI=1S/C14H16N2S/c1-11-3-2-4-12(7-11)9-17-10-14-8-13(15)5-6-16-14/h2-8H,9-10H2,1H3,(H2,15,16). The topological polar surface area (TPSA) is 38.9 Å². The van der Waals surface area contributed by atoms with Crippen LogP contribution in [0.15, 0.2) is 42.6 Å². The van der Waals surface area contributed by atoms with Crippen molar-refractivity contribution in [3.63, 3.8) is 0 Å². The molecule has 0 fully saturated rings. The Balaban J connectivity index is 1.87. The third kappa shape index (κ3) is 3.79. The van der Waals surface area contributed by atoms with Crippen LogP contribution in [0.1, 0.15) is 16.8 Å². The van der Waals surface area contributed by atoms with E-state index in [0.717, 1.165) is 22.9 Å². The quantitative estimate of drug-likeness (QED) is 0.895. The van der Waals surface area contributed by atoms with E-state index < -0.39 is 0 Å². The van der Waals surface area contributed by atoms with Gasteiger partial charge in [-0.3, -0.25) is 4.98 Å². The molecule has 17 heavy (non-hydrogen) atoms. The van der Waals surface area contributed by atoms with Gasteiger partial charge >= 0.3 is 0 Å². The van der Waals surface area contributed by atoms with Gasteiger partial charge in [-0.15, -0.1) is 0 Å². The molecule has 1 aromatic heterocycles. The maximum Gasteiger partial charge on any atom is 0.0523 e. The first-order chi connectivity index (χ1) is 8.24. The van der Waals surface area contributed by atoms with Gasteiger partial charge in [0.25, 0.3) is 0 Å². The summed E-state index contributed by atoms with van der Waals surface area (Å²) in [6, 6.07) is 12.3. The van der Waals surface area contributed by atoms with Gasteiger partial charge in [-0.1, -0.05) is 29.8 Å². The fourth-order valence-corrected chi connectivity index (χ4v) is 2.54. The number of pyridine rings is 1. The lowest BCUT2D eigenvalue weighted by atomic mass is 10.2. The van der Waals surface area contributed by atoms with Crippen molar-refractivity contribution in [1.29, 1.82) is 0 Å². The summed E-state index contributed by atoms with van der Waals surface area (Å²) in [5, 5.41) is 0. The minimum atomic E-state index is 0.783. The molecule has 0 aliphatic carbocycles. The molecule has 1 heterocycles. The van der Waals surface area contributed by atoms with Crippen LogP contribution in [0.2, 0.25) is 0 Å². The lowest BCUT2D eigenvalue weighted by molar-refractivity contribution is 1.17. The third-order valence-electron chi connectivity index (χ3n) is 2.44. The molecular weight excluding hydrogens is 228 g/mol. The number of nitrogens with zero attached hydrogens (tertiary/aromatic N) is 1. The minimum absolute atomic E-state index is 0.783. The molecule has 0 saturated heterocycles. The van der Waals surface area contributed by atoms with Gasteiger partial charge in [0.1, 0.15) is 0 Å². The monoisotopic (exact) mass is 244 g/mol. The predicted molar refractivity (Wildman–Crippen MR) is 74.8 cm³/mol. The van der Waals surface area contributed by atoms with Crippen LogP contribution in [0.5, 0.6) is 0 Å². The van der Waals surface area contributed by atoms with Gasteiger partial charge in [-0.25, -0.2) is 0 Å². The maximum absolute atomic E-state index is 5.71. The van der Waals surface area contributed by atoms with Crippen molar-refractivity contribution in [2.75, 3.05) is 5.73 Å². The van der Waals surface area contributed by atoms with Crippen molar-refractivity contribution >= 4 is 17.4 Å². The number of nitrogens with two attached hydrogens (primary N) is 1. The zero-order valence-corrected chi connectivity index (χ0v) is 10.7. The Labute approximate surface area is 106 Å². The summed E-state index contributed by atoms with van der Waals surface area (Å²) in [4.78, 5) is 4.29. The van der Waals surface area contributed by atoms with Crippen molar-refractivity contribution in [1.82, 2.24) is 4.98 Å². The Kier molecular flexibility index (Phi) is 4.04. The molecular formula is C14H16N2S. The van der Waals surface area contributed by atoms with E-state index in [1.165, 1.54) is 11.1 Å². The van der Waals surface area contributed by atoms with Crippen LogP contribution in [-0.4, -0.2) is 4.98 Å². The van der Waals surface area contributed by atoms with Crippen LogP contribution >= 0.6 is 11.8 Å². The van der Waals surface area contributed by atoms with E-state index in [9.17, 15) is 0 Å². The largest absolute Gasteiger partial charge is 0.399 e. The molecule has 0 amide bonds. The highest BCUT2D eigenvalue weighted by molar-refractivity contribution is 7.97. The molecule has 0 aliphatic rings. The number of anilines is 1. The lowest BCUT2D eigenvalue weighted by Gasteiger charge is -2.03. The molecule has 0 aliphatic heterocycles. The molecule has 0 radical (unpaired) electrons. The summed E-state index contributed by atoms with van der Waals surface area (Å²) in [7, 11) is 0. The lowest BCUT2D eigenvalue weighted by Crippen LogP contribution is -1.91. The van der Waals surface area contributed by atoms with Gasteiger partial charge in [-0.2, -0.15) is 11.8 Å². The van der Waals surface area contributed by atoms with E-state index in [-0.39, 0.29) is 0 Å². The Morgan fingerprint density at radius 1 is 1.18 bits per heavy atom. The normalized spacial score (nSPS) is 10.4. The average Bonchev–Trinajstić information content (AvgIpc) is 2.29. The number of benzene rings is 1. The highest BCUT2D eigenvalue weighted by Gasteiger charge is 1.98. The molecule has 88 valence electrons. The predicted octanol–water partition coefficient (Wildman–Crippen LogP) is 3.41. The fraction of sp³-hybridized carbons (Fsp3) is 0.214. The summed E-state index contributed by atoms with van der Waals surface area (Å²) < 4.78 is 0. The summed E-state index contributed by atoms with van der Waals surface area (Å²) in [5.41, 5.74) is 10.2. The van der Waals surface area contributed by atoms with Gasteiger partial charge in [0, 0.05) is 23.4 Å². The number of rotatable bonds is 4. The molecule has 3 heteroatoms. The maximum atomic E-state index is 5.71. The first kappa shape index (κ1) is 12.0. The zero-order valence-electron chi connectivity index (χ0n) is 9.89. The molecule has 2 aromatic rings. The Hall–Kier alpha value is -1.48. The highest BCUT2D eigenvalue weighted by Crippen LogP contribution is 2.18. The second kappa shape index (κ2) is 5.73. The number of aryl methyl sites for hydroxylation is 1. The van der Waals surface area contributed by atoms with Gasteiger partial charge in [0.15, 0.2) is 0 Å². The molecule has 0 saturated carbocycles. The molecule has 2 nitrogen and oxygen atoms in total. The van der Waals surface area contributed by atoms with Crippen molar-refractivity contribution in [2.45, 2.75) is 18.4 Å². The van der Waals surface area contributed by atoms with Gasteiger partial charge in [0.05, 0.1) is 5.69 Å². The number of nitrogen functional groups attached to an aromatic ring is 1. The Morgan fingerprint density at radius 3 is 2.82 bits per heavy atom. The first-order valence-electron chi connectivity index (χ1n) is 5.58. The van der Waals surface area contributed by atoms with Crippen molar-refractivity contribution in [3.05, 3.63) is 59.4 Å². The van der Waals surface area contributed by atoms with Crippen LogP contribution < -0.4 is 5.73 Å². The molecule has 0 spiro atoms. The summed E-state index contributed by atoms with van der Waals surface area (Å²) in [6.45, 7) is 2.12. The molecule has 2 N–H and O–H groups in total. The first-order valence-corrected chi connectivity index (χ1v) is 6.73. The second-order valence-corrected chi connectivity index (χ2v) is 5.05. The molecule has 2 rings (SSSR count). The van der Waals surface area contributed by atoms with Gasteiger partial charge in [-0.05, 0) is 24.6 Å². The Bertz CT molecular complexity index is 452. The number of hydrogen-bond donors (Lipinski definition) is 1. The average molecular weight is 244 g/mol. The van der Waals surface area contributed by atoms with Crippen LogP contribution in [0.25, 0.3) is 0 Å². The van der Waals surface area contributed by atoms with Crippen LogP contribution in [0, 0.1) is 6.92 Å². The zero-order chi connectivity index (χ0) is 12.1. The fourth-order valence-electron chi connectivity index (χ4n) is 1.65. The van der Waals surface area contributed by atoms with E-state index >= 15 is 0 Å². The summed E-state index contributed by atoms with van der Waals surface area (Å²) in [5.74, 6) is 1.91. The molecule has 0 unspecified atom stereocenters. The van der Waals surface area contributed by atoms with Crippen molar-refractivity contribution < 1.29 is 0 Å². The summed E-state index contributed by atoms with van der Waals surface area (Å²) >= 11 is 1.86. The number of hydrogen-bond acceptors (Lipinski definition) is 3. The van der Waals surface area contributed by atoms with Crippen molar-refractivity contribution in [2.24, 2.45) is 0 Å². The molecule has 0 bridgehead atoms. The van der Waals surface area contributed by atoms with Crippen LogP contribution in [-0.2, 0) is 11.5 Å². The van der Waals surface area contributed by atoms with E-state index in [1.807, 2.05) is 23.9 Å². The van der Waals surface area contributed by atoms with E-state index in [0.29, 0.717) is 0 Å². The van der Waals surface area contributed by atoms with E-state index in [1.54, 1.807) is 6.20 Å². The van der Waals surface area contributed by atoms with E-state index in [4.69, 9.17) is 5.73 Å². The summed E-state index contributed by atoms with van der Waals surface area (Å²) in [6.07, 6.45) is 1.76.